The lowest BCUT2D eigenvalue weighted by Gasteiger charge is -2.14. The minimum Gasteiger partial charge on any atom is -0.493 e. The van der Waals surface area contributed by atoms with Crippen LogP contribution in [0.25, 0.3) is 11.4 Å². The fourth-order valence-electron chi connectivity index (χ4n) is 3.26. The number of benzene rings is 1. The first kappa shape index (κ1) is 22.0. The molecule has 1 aliphatic rings. The molecular formula is C21H27BN2O6. The Morgan fingerprint density at radius 2 is 2.10 bits per heavy atom. The molecule has 160 valence electrons. The highest BCUT2D eigenvalue weighted by molar-refractivity contribution is 6.43. The summed E-state index contributed by atoms with van der Waals surface area (Å²) in [6, 6.07) is 7.28. The van der Waals surface area contributed by atoms with Crippen molar-refractivity contribution in [2.24, 2.45) is 0 Å². The summed E-state index contributed by atoms with van der Waals surface area (Å²) >= 11 is 0. The van der Waals surface area contributed by atoms with Gasteiger partial charge in [-0.3, -0.25) is 4.79 Å². The first-order chi connectivity index (χ1) is 14.5. The second-order valence-corrected chi connectivity index (χ2v) is 7.02. The Hall–Kier alpha value is -2.65. The zero-order valence-electron chi connectivity index (χ0n) is 17.6. The van der Waals surface area contributed by atoms with Crippen LogP contribution in [0.15, 0.2) is 24.3 Å². The molecule has 1 atom stereocenters. The lowest BCUT2D eigenvalue weighted by molar-refractivity contribution is -0.142. The highest BCUT2D eigenvalue weighted by Gasteiger charge is 2.31. The minimum atomic E-state index is -0.808. The van der Waals surface area contributed by atoms with Gasteiger partial charge in [0.25, 0.3) is 0 Å². The number of ether oxygens (including phenoxy) is 3. The van der Waals surface area contributed by atoms with Gasteiger partial charge in [0, 0.05) is 23.8 Å². The third-order valence-corrected chi connectivity index (χ3v) is 4.71. The van der Waals surface area contributed by atoms with Gasteiger partial charge in [-0.1, -0.05) is 6.92 Å². The number of nitrogens with zero attached hydrogens (tertiary/aromatic N) is 2. The van der Waals surface area contributed by atoms with Crippen molar-refractivity contribution in [1.82, 2.24) is 9.97 Å². The average molecular weight is 414 g/mol. The van der Waals surface area contributed by atoms with E-state index < -0.39 is 7.12 Å². The van der Waals surface area contributed by atoms with E-state index in [1.807, 2.05) is 25.1 Å². The van der Waals surface area contributed by atoms with E-state index in [0.717, 1.165) is 17.7 Å². The monoisotopic (exact) mass is 414 g/mol. The molecule has 1 aromatic heterocycles. The predicted molar refractivity (Wildman–Crippen MR) is 112 cm³/mol. The number of carbonyl (C=O) groups excluding carboxylic acids is 1. The molecule has 1 N–H and O–H groups in total. The third kappa shape index (κ3) is 5.49. The number of rotatable bonds is 9. The summed E-state index contributed by atoms with van der Waals surface area (Å²) in [7, 11) is 0.783. The summed E-state index contributed by atoms with van der Waals surface area (Å²) in [4.78, 5) is 21.3. The van der Waals surface area contributed by atoms with Gasteiger partial charge in [0.05, 0.1) is 32.4 Å². The van der Waals surface area contributed by atoms with Crippen LogP contribution < -0.4 is 9.47 Å². The van der Waals surface area contributed by atoms with Gasteiger partial charge in [-0.15, -0.1) is 0 Å². The standard InChI is InChI=1S/C21H27BN2O6/c1-4-8-29-19-9-14(6-7-18(19)27-3)21-23-16(11-20(25)28-5-2)10-17(24-21)15-12-22(26)30-13-15/h6-7,9-10,15,26H,4-5,8,11-13H2,1-3H3. The second-order valence-electron chi connectivity index (χ2n) is 7.02. The zero-order chi connectivity index (χ0) is 21.5. The maximum Gasteiger partial charge on any atom is 0.454 e. The number of methoxy groups -OCH3 is 1. The van der Waals surface area contributed by atoms with Crippen LogP contribution in [0.1, 0.15) is 37.6 Å². The van der Waals surface area contributed by atoms with E-state index in [1.165, 1.54) is 0 Å². The van der Waals surface area contributed by atoms with E-state index in [0.29, 0.717) is 49.2 Å². The smallest absolute Gasteiger partial charge is 0.454 e. The molecule has 1 unspecified atom stereocenters. The van der Waals surface area contributed by atoms with Crippen molar-refractivity contribution in [1.29, 1.82) is 0 Å². The van der Waals surface area contributed by atoms with Crippen LogP contribution in [0.2, 0.25) is 6.32 Å². The molecule has 0 radical (unpaired) electrons. The van der Waals surface area contributed by atoms with Gasteiger partial charge < -0.3 is 23.9 Å². The number of aromatic nitrogens is 2. The van der Waals surface area contributed by atoms with Gasteiger partial charge in [-0.2, -0.15) is 0 Å². The van der Waals surface area contributed by atoms with Crippen LogP contribution in [0.3, 0.4) is 0 Å². The lowest BCUT2D eigenvalue weighted by atomic mass is 9.81. The molecule has 1 fully saturated rings. The lowest BCUT2D eigenvalue weighted by Crippen LogP contribution is -2.12. The van der Waals surface area contributed by atoms with Gasteiger partial charge in [-0.25, -0.2) is 9.97 Å². The van der Waals surface area contributed by atoms with E-state index in [-0.39, 0.29) is 18.3 Å². The number of hydrogen-bond donors (Lipinski definition) is 1. The molecule has 30 heavy (non-hydrogen) atoms. The largest absolute Gasteiger partial charge is 0.493 e. The molecule has 3 rings (SSSR count). The average Bonchev–Trinajstić information content (AvgIpc) is 3.18. The number of hydrogen-bond acceptors (Lipinski definition) is 8. The summed E-state index contributed by atoms with van der Waals surface area (Å²) in [6.07, 6.45) is 1.36. The van der Waals surface area contributed by atoms with Crippen LogP contribution in [-0.2, 0) is 20.6 Å². The molecule has 2 aromatic rings. The van der Waals surface area contributed by atoms with E-state index in [2.05, 4.69) is 4.98 Å². The van der Waals surface area contributed by atoms with Crippen molar-refractivity contribution < 1.29 is 28.7 Å². The Balaban J connectivity index is 1.98. The van der Waals surface area contributed by atoms with Crippen LogP contribution in [-0.4, -0.2) is 55.0 Å². The van der Waals surface area contributed by atoms with E-state index in [1.54, 1.807) is 20.1 Å². The van der Waals surface area contributed by atoms with Crippen LogP contribution in [0.4, 0.5) is 0 Å². The van der Waals surface area contributed by atoms with Gasteiger partial charge in [-0.05, 0) is 43.9 Å². The molecule has 0 aliphatic carbocycles. The molecule has 1 aromatic carbocycles. The van der Waals surface area contributed by atoms with Crippen molar-refractivity contribution in [3.8, 4) is 22.9 Å². The fourth-order valence-corrected chi connectivity index (χ4v) is 3.26. The molecule has 8 nitrogen and oxygen atoms in total. The number of esters is 1. The molecule has 1 saturated heterocycles. The molecule has 9 heteroatoms. The van der Waals surface area contributed by atoms with E-state index in [4.69, 9.17) is 23.8 Å². The Kier molecular flexibility index (Phi) is 7.65. The van der Waals surface area contributed by atoms with E-state index in [9.17, 15) is 9.82 Å². The fraction of sp³-hybridized carbons (Fsp3) is 0.476. The maximum absolute atomic E-state index is 12.0. The second kappa shape index (κ2) is 10.4. The molecule has 0 bridgehead atoms. The van der Waals surface area contributed by atoms with Gasteiger partial charge in [0.1, 0.15) is 0 Å². The Bertz CT molecular complexity index is 879. The number of carbonyl (C=O) groups is 1. The Morgan fingerprint density at radius 1 is 1.27 bits per heavy atom. The minimum absolute atomic E-state index is 0.0435. The van der Waals surface area contributed by atoms with Gasteiger partial charge in [0.15, 0.2) is 17.3 Å². The van der Waals surface area contributed by atoms with Gasteiger partial charge >= 0.3 is 13.1 Å². The van der Waals surface area contributed by atoms with Crippen molar-refractivity contribution in [3.63, 3.8) is 0 Å². The molecule has 1 aliphatic heterocycles. The van der Waals surface area contributed by atoms with Crippen molar-refractivity contribution in [2.75, 3.05) is 26.9 Å². The highest BCUT2D eigenvalue weighted by atomic mass is 16.5. The summed E-state index contributed by atoms with van der Waals surface area (Å²) in [6.45, 7) is 5.03. The highest BCUT2D eigenvalue weighted by Crippen LogP contribution is 2.33. The molecular weight excluding hydrogens is 387 g/mol. The Labute approximate surface area is 176 Å². The summed E-state index contributed by atoms with van der Waals surface area (Å²) in [5.74, 6) is 1.28. The molecule has 0 saturated carbocycles. The van der Waals surface area contributed by atoms with Crippen molar-refractivity contribution in [2.45, 2.75) is 38.9 Å². The third-order valence-electron chi connectivity index (χ3n) is 4.71. The predicted octanol–water partition coefficient (Wildman–Crippen LogP) is 2.64. The summed E-state index contributed by atoms with van der Waals surface area (Å²) in [5, 5.41) is 9.74. The van der Waals surface area contributed by atoms with Crippen molar-refractivity contribution >= 4 is 13.1 Å². The normalized spacial score (nSPS) is 15.9. The van der Waals surface area contributed by atoms with E-state index >= 15 is 0 Å². The first-order valence-corrected chi connectivity index (χ1v) is 10.2. The maximum atomic E-state index is 12.0. The molecule has 2 heterocycles. The van der Waals surface area contributed by atoms with Gasteiger partial charge in [0.2, 0.25) is 0 Å². The quantitative estimate of drug-likeness (QED) is 0.494. The summed E-state index contributed by atoms with van der Waals surface area (Å²) < 4.78 is 21.5. The topological polar surface area (TPSA) is 100 Å². The summed E-state index contributed by atoms with van der Waals surface area (Å²) in [5.41, 5.74) is 2.03. The molecule has 0 amide bonds. The zero-order valence-corrected chi connectivity index (χ0v) is 17.6. The molecule has 0 spiro atoms. The SMILES string of the molecule is CCCOc1cc(-c2nc(CC(=O)OCC)cc(C3COB(O)C3)n2)ccc1OC. The first-order valence-electron chi connectivity index (χ1n) is 10.2. The van der Waals surface area contributed by atoms with Crippen molar-refractivity contribution in [3.05, 3.63) is 35.7 Å². The Morgan fingerprint density at radius 3 is 2.77 bits per heavy atom. The van der Waals surface area contributed by atoms with Crippen LogP contribution in [0, 0.1) is 0 Å². The van der Waals surface area contributed by atoms with Crippen LogP contribution >= 0.6 is 0 Å². The van der Waals surface area contributed by atoms with Crippen LogP contribution in [0.5, 0.6) is 11.5 Å².